The van der Waals surface area contributed by atoms with Crippen LogP contribution in [0.5, 0.6) is 5.75 Å². The fourth-order valence-electron chi connectivity index (χ4n) is 3.92. The zero-order valence-corrected chi connectivity index (χ0v) is 12.2. The van der Waals surface area contributed by atoms with Crippen LogP contribution in [0.4, 0.5) is 10.5 Å². The van der Waals surface area contributed by atoms with Crippen LogP contribution in [-0.2, 0) is 0 Å². The summed E-state index contributed by atoms with van der Waals surface area (Å²) >= 11 is 0. The predicted octanol–water partition coefficient (Wildman–Crippen LogP) is 2.22. The lowest BCUT2D eigenvalue weighted by Gasteiger charge is -2.30. The first-order valence-electron chi connectivity index (χ1n) is 7.53. The summed E-state index contributed by atoms with van der Waals surface area (Å²) < 4.78 is 5.14. The van der Waals surface area contributed by atoms with E-state index >= 15 is 0 Å². The van der Waals surface area contributed by atoms with Crippen LogP contribution in [0.25, 0.3) is 0 Å². The zero-order valence-electron chi connectivity index (χ0n) is 12.2. The molecule has 0 aromatic heterocycles. The molecule has 0 heterocycles. The number of ether oxygens (including phenoxy) is 1. The first-order chi connectivity index (χ1) is 10.2. The van der Waals surface area contributed by atoms with Crippen LogP contribution in [0.1, 0.15) is 19.3 Å². The van der Waals surface area contributed by atoms with Crippen LogP contribution in [0.15, 0.2) is 24.3 Å². The normalized spacial score (nSPS) is 30.2. The van der Waals surface area contributed by atoms with Crippen LogP contribution in [0, 0.1) is 17.8 Å². The van der Waals surface area contributed by atoms with Crippen molar-refractivity contribution in [2.24, 2.45) is 17.8 Å². The fraction of sp³-hybridized carbons (Fsp3) is 0.562. The van der Waals surface area contributed by atoms with Gasteiger partial charge in [0, 0.05) is 30.3 Å². The van der Waals surface area contributed by atoms with Gasteiger partial charge in [0.25, 0.3) is 0 Å². The molecule has 2 amide bonds. The Kier molecular flexibility index (Phi) is 4.01. The number of aliphatic hydroxyl groups is 1. The summed E-state index contributed by atoms with van der Waals surface area (Å²) in [7, 11) is 1.60. The van der Waals surface area contributed by atoms with E-state index in [0.717, 1.165) is 12.8 Å². The van der Waals surface area contributed by atoms with Crippen molar-refractivity contribution in [1.82, 2.24) is 5.32 Å². The number of benzene rings is 1. The number of carbonyl (C=O) groups is 1. The smallest absolute Gasteiger partial charge is 0.319 e. The highest BCUT2D eigenvalue weighted by molar-refractivity contribution is 5.89. The third kappa shape index (κ3) is 2.83. The Hall–Kier alpha value is -1.75. The summed E-state index contributed by atoms with van der Waals surface area (Å²) in [5.41, 5.74) is 0.704. The SMILES string of the molecule is COc1cccc(NC(=O)NC2C3CCC(C3)C2CO)c1. The molecular formula is C16H22N2O3. The molecule has 3 rings (SSSR count). The minimum absolute atomic E-state index is 0.0966. The van der Waals surface area contributed by atoms with E-state index in [1.165, 1.54) is 6.42 Å². The average molecular weight is 290 g/mol. The topological polar surface area (TPSA) is 70.6 Å². The van der Waals surface area contributed by atoms with Crippen molar-refractivity contribution < 1.29 is 14.6 Å². The summed E-state index contributed by atoms with van der Waals surface area (Å²) in [5.74, 6) is 2.01. The summed E-state index contributed by atoms with van der Waals surface area (Å²) in [4.78, 5) is 12.2. The van der Waals surface area contributed by atoms with E-state index in [9.17, 15) is 9.90 Å². The molecule has 21 heavy (non-hydrogen) atoms. The van der Waals surface area contributed by atoms with Crippen molar-refractivity contribution in [1.29, 1.82) is 0 Å². The van der Waals surface area contributed by atoms with Gasteiger partial charge in [0.15, 0.2) is 0 Å². The maximum Gasteiger partial charge on any atom is 0.319 e. The zero-order chi connectivity index (χ0) is 14.8. The summed E-state index contributed by atoms with van der Waals surface area (Å²) in [6, 6.07) is 7.17. The summed E-state index contributed by atoms with van der Waals surface area (Å²) in [6.45, 7) is 0.158. The van der Waals surface area contributed by atoms with Crippen molar-refractivity contribution in [3.05, 3.63) is 24.3 Å². The molecule has 4 atom stereocenters. The van der Waals surface area contributed by atoms with Crippen LogP contribution >= 0.6 is 0 Å². The first-order valence-corrected chi connectivity index (χ1v) is 7.53. The monoisotopic (exact) mass is 290 g/mol. The molecule has 2 fully saturated rings. The Balaban J connectivity index is 1.61. The van der Waals surface area contributed by atoms with Crippen LogP contribution in [0.2, 0.25) is 0 Å². The Morgan fingerprint density at radius 1 is 1.38 bits per heavy atom. The van der Waals surface area contributed by atoms with Gasteiger partial charge in [-0.25, -0.2) is 4.79 Å². The molecule has 0 aliphatic heterocycles. The largest absolute Gasteiger partial charge is 0.497 e. The molecule has 1 aromatic carbocycles. The Morgan fingerprint density at radius 2 is 2.19 bits per heavy atom. The molecule has 114 valence electrons. The molecule has 2 bridgehead atoms. The van der Waals surface area contributed by atoms with Crippen molar-refractivity contribution >= 4 is 11.7 Å². The Bertz CT molecular complexity index is 520. The van der Waals surface area contributed by atoms with Gasteiger partial charge in [-0.1, -0.05) is 6.07 Å². The van der Waals surface area contributed by atoms with E-state index in [1.54, 1.807) is 13.2 Å². The van der Waals surface area contributed by atoms with Gasteiger partial charge in [-0.05, 0) is 43.2 Å². The van der Waals surface area contributed by atoms with E-state index < -0.39 is 0 Å². The van der Waals surface area contributed by atoms with Crippen molar-refractivity contribution in [3.63, 3.8) is 0 Å². The van der Waals surface area contributed by atoms with Gasteiger partial charge in [0.1, 0.15) is 5.75 Å². The standard InChI is InChI=1S/C16H22N2O3/c1-21-13-4-2-3-12(8-13)17-16(20)18-15-11-6-5-10(7-11)14(15)9-19/h2-4,8,10-11,14-15,19H,5-7,9H2,1H3,(H2,17,18,20). The third-order valence-corrected chi connectivity index (χ3v) is 4.92. The highest BCUT2D eigenvalue weighted by Crippen LogP contribution is 2.48. The number of hydrogen-bond acceptors (Lipinski definition) is 3. The third-order valence-electron chi connectivity index (χ3n) is 4.92. The Labute approximate surface area is 124 Å². The maximum atomic E-state index is 12.2. The van der Waals surface area contributed by atoms with Crippen molar-refractivity contribution in [2.75, 3.05) is 19.0 Å². The first kappa shape index (κ1) is 14.2. The average Bonchev–Trinajstić information content (AvgIpc) is 3.08. The van der Waals surface area contributed by atoms with Crippen LogP contribution < -0.4 is 15.4 Å². The number of methoxy groups -OCH3 is 1. The Morgan fingerprint density at radius 3 is 2.95 bits per heavy atom. The highest BCUT2D eigenvalue weighted by atomic mass is 16.5. The summed E-state index contributed by atoms with van der Waals surface area (Å²) in [5, 5.41) is 15.4. The number of aliphatic hydroxyl groups excluding tert-OH is 1. The highest BCUT2D eigenvalue weighted by Gasteiger charge is 2.47. The number of nitrogens with one attached hydrogen (secondary N) is 2. The number of rotatable bonds is 4. The van der Waals surface area contributed by atoms with E-state index in [0.29, 0.717) is 23.3 Å². The number of fused-ring (bicyclic) bond motifs is 2. The molecule has 0 saturated heterocycles. The van der Waals surface area contributed by atoms with Crippen molar-refractivity contribution in [3.8, 4) is 5.75 Å². The fourth-order valence-corrected chi connectivity index (χ4v) is 3.92. The number of carbonyl (C=O) groups excluding carboxylic acids is 1. The second-order valence-electron chi connectivity index (χ2n) is 6.04. The lowest BCUT2D eigenvalue weighted by Crippen LogP contribution is -2.46. The number of amides is 2. The van der Waals surface area contributed by atoms with Gasteiger partial charge in [-0.2, -0.15) is 0 Å². The molecule has 3 N–H and O–H groups in total. The number of hydrogen-bond donors (Lipinski definition) is 3. The predicted molar refractivity (Wildman–Crippen MR) is 80.3 cm³/mol. The second kappa shape index (κ2) is 5.93. The minimum atomic E-state index is -0.209. The molecule has 2 aliphatic carbocycles. The van der Waals surface area contributed by atoms with Gasteiger partial charge in [-0.15, -0.1) is 0 Å². The van der Waals surface area contributed by atoms with Gasteiger partial charge >= 0.3 is 6.03 Å². The van der Waals surface area contributed by atoms with E-state index in [2.05, 4.69) is 10.6 Å². The maximum absolute atomic E-state index is 12.2. The molecule has 2 aliphatic rings. The number of anilines is 1. The van der Waals surface area contributed by atoms with Crippen LogP contribution in [0.3, 0.4) is 0 Å². The second-order valence-corrected chi connectivity index (χ2v) is 6.04. The molecule has 0 spiro atoms. The lowest BCUT2D eigenvalue weighted by molar-refractivity contribution is 0.146. The van der Waals surface area contributed by atoms with Crippen molar-refractivity contribution in [2.45, 2.75) is 25.3 Å². The quantitative estimate of drug-likeness (QED) is 0.796. The van der Waals surface area contributed by atoms with E-state index in [-0.39, 0.29) is 24.6 Å². The lowest BCUT2D eigenvalue weighted by atomic mass is 9.85. The number of urea groups is 1. The minimum Gasteiger partial charge on any atom is -0.497 e. The van der Waals surface area contributed by atoms with E-state index in [4.69, 9.17) is 4.74 Å². The van der Waals surface area contributed by atoms with Gasteiger partial charge < -0.3 is 20.5 Å². The molecule has 4 unspecified atom stereocenters. The van der Waals surface area contributed by atoms with Gasteiger partial charge in [-0.3, -0.25) is 0 Å². The molecule has 2 saturated carbocycles. The molecule has 5 heteroatoms. The van der Waals surface area contributed by atoms with E-state index in [1.807, 2.05) is 18.2 Å². The molecule has 0 radical (unpaired) electrons. The molecule has 1 aromatic rings. The molecule has 5 nitrogen and oxygen atoms in total. The summed E-state index contributed by atoms with van der Waals surface area (Å²) in [6.07, 6.45) is 3.48. The van der Waals surface area contributed by atoms with Crippen LogP contribution in [-0.4, -0.2) is 30.9 Å². The van der Waals surface area contributed by atoms with Gasteiger partial charge in [0.2, 0.25) is 0 Å². The van der Waals surface area contributed by atoms with Gasteiger partial charge in [0.05, 0.1) is 7.11 Å². The molecular weight excluding hydrogens is 268 g/mol.